The van der Waals surface area contributed by atoms with Crippen molar-refractivity contribution in [3.63, 3.8) is 0 Å². The Balaban J connectivity index is 0.000000113. The van der Waals surface area contributed by atoms with E-state index in [1.54, 1.807) is 6.20 Å². The maximum Gasteiger partial charge on any atom is 0.299 e. The molecule has 143 heavy (non-hydrogen) atoms. The van der Waals surface area contributed by atoms with Crippen molar-refractivity contribution in [2.75, 3.05) is 0 Å². The minimum atomic E-state index is 0.344. The molecule has 12 aromatic carbocycles. The van der Waals surface area contributed by atoms with Crippen LogP contribution >= 0.6 is 0 Å². The highest BCUT2D eigenvalue weighted by atomic mass is 16.4. The van der Waals surface area contributed by atoms with E-state index in [0.717, 1.165) is 134 Å². The minimum Gasteiger partial charge on any atom is -0.437 e. The third-order valence-electron chi connectivity index (χ3n) is 29.1. The second kappa shape index (κ2) is 37.4. The number of aryl methyl sites for hydroxylation is 9. The number of para-hydroxylation sites is 12. The predicted molar refractivity (Wildman–Crippen MR) is 587 cm³/mol. The number of pyridine rings is 4. The molecule has 12 heterocycles. The summed E-state index contributed by atoms with van der Waals surface area (Å²) in [6.07, 6.45) is 2.73. The Labute approximate surface area is 835 Å². The quantitative estimate of drug-likeness (QED) is 0.0872. The van der Waals surface area contributed by atoms with Crippen LogP contribution in [0.1, 0.15) is 200 Å². The average molecular weight is 1880 g/mol. The molecular formula is C127H126N12O4+4. The van der Waals surface area contributed by atoms with Crippen molar-refractivity contribution in [3.05, 3.63) is 358 Å². The Morgan fingerprint density at radius 1 is 0.259 bits per heavy atom. The number of aromatic nitrogens is 12. The number of hydrogen-bond donors (Lipinski definition) is 0. The molecule has 0 N–H and O–H groups in total. The van der Waals surface area contributed by atoms with Gasteiger partial charge in [0.1, 0.15) is 45.0 Å². The molecule has 16 heteroatoms. The van der Waals surface area contributed by atoms with Gasteiger partial charge in [-0.25, -0.2) is 38.2 Å². The minimum absolute atomic E-state index is 0.344. The summed E-state index contributed by atoms with van der Waals surface area (Å²) >= 11 is 0. The summed E-state index contributed by atoms with van der Waals surface area (Å²) in [5.74, 6) is 7.27. The summed E-state index contributed by atoms with van der Waals surface area (Å²) in [5.41, 5.74) is 39.5. The number of rotatable bonds is 16. The lowest BCUT2D eigenvalue weighted by Gasteiger charge is -2.18. The topological polar surface area (TPSA) is 139 Å². The van der Waals surface area contributed by atoms with Crippen LogP contribution in [0.2, 0.25) is 0 Å². The SMILES string of the molecule is Cc1ccc2c(n1)oc1c(-c3n(-c4ccccc4C(C)C)c4ccccc4[n+]3C)c(C)ccc12.Cc1ccc2c(oc3nc(C(C)C)ccc32)c1-c1n(-c2ccccc2C(C)C)c2ccccc2[n+]1C.Cc1ccc2c(oc3nc(CC(C)C)ccc32)c1-c1n(-c2ccccc2C(C)C)c2ccccc2[n+]1C.Cc1ccc2c(oc3ncccc32)c1-c1n(-c2c(C(C)C)cccc2C(C)C)c2ccccc2[n+]1C. The lowest BCUT2D eigenvalue weighted by Crippen LogP contribution is -2.30. The number of benzene rings is 12. The second-order valence-electron chi connectivity index (χ2n) is 41.2. The Morgan fingerprint density at radius 3 is 0.930 bits per heavy atom. The molecule has 0 aliphatic rings. The van der Waals surface area contributed by atoms with Crippen molar-refractivity contribution in [3.8, 4) is 68.3 Å². The van der Waals surface area contributed by atoms with Gasteiger partial charge in [-0.2, -0.15) is 18.3 Å². The van der Waals surface area contributed by atoms with Gasteiger partial charge in [0.15, 0.2) is 66.5 Å². The number of hydrogen-bond acceptors (Lipinski definition) is 8. The van der Waals surface area contributed by atoms with Gasteiger partial charge in [-0.3, -0.25) is 0 Å². The van der Waals surface area contributed by atoms with Crippen LogP contribution < -0.4 is 18.3 Å². The first-order valence-electron chi connectivity index (χ1n) is 50.7. The predicted octanol–water partition coefficient (Wildman–Crippen LogP) is 31.1. The van der Waals surface area contributed by atoms with E-state index in [2.05, 4.69) is 472 Å². The zero-order valence-corrected chi connectivity index (χ0v) is 86.5. The summed E-state index contributed by atoms with van der Waals surface area (Å²) < 4.78 is 45.1. The van der Waals surface area contributed by atoms with Crippen molar-refractivity contribution in [1.29, 1.82) is 0 Å². The fourth-order valence-corrected chi connectivity index (χ4v) is 22.0. The first-order valence-corrected chi connectivity index (χ1v) is 50.7. The molecule has 24 rings (SSSR count). The zero-order chi connectivity index (χ0) is 99.7. The van der Waals surface area contributed by atoms with E-state index in [1.807, 2.05) is 19.1 Å². The molecule has 0 fully saturated rings. The van der Waals surface area contributed by atoms with Crippen LogP contribution in [-0.4, -0.2) is 38.2 Å². The fraction of sp³-hybridized carbons (Fsp3) is 0.244. The van der Waals surface area contributed by atoms with E-state index in [0.29, 0.717) is 64.3 Å². The van der Waals surface area contributed by atoms with Crippen LogP contribution in [0, 0.1) is 40.5 Å². The van der Waals surface area contributed by atoms with Gasteiger partial charge in [0.05, 0.1) is 28.2 Å². The Morgan fingerprint density at radius 2 is 0.559 bits per heavy atom. The van der Waals surface area contributed by atoms with Gasteiger partial charge in [-0.15, -0.1) is 0 Å². The van der Waals surface area contributed by atoms with E-state index in [4.69, 9.17) is 27.6 Å². The van der Waals surface area contributed by atoms with Crippen LogP contribution in [0.5, 0.6) is 0 Å². The number of nitrogens with zero attached hydrogens (tertiary/aromatic N) is 12. The van der Waals surface area contributed by atoms with Crippen LogP contribution in [0.25, 0.3) is 201 Å². The van der Waals surface area contributed by atoms with Gasteiger partial charge >= 0.3 is 0 Å². The van der Waals surface area contributed by atoms with Crippen LogP contribution in [0.15, 0.2) is 309 Å². The summed E-state index contributed by atoms with van der Waals surface area (Å²) in [5, 5.41) is 8.61. The van der Waals surface area contributed by atoms with Gasteiger partial charge in [0, 0.05) is 94.2 Å². The molecule has 16 nitrogen and oxygen atoms in total. The van der Waals surface area contributed by atoms with E-state index in [1.165, 1.54) is 117 Å². The Hall–Kier alpha value is -15.7. The molecule has 0 radical (unpaired) electrons. The lowest BCUT2D eigenvalue weighted by molar-refractivity contribution is -0.633. The van der Waals surface area contributed by atoms with E-state index < -0.39 is 0 Å². The molecule has 0 saturated heterocycles. The monoisotopic (exact) mass is 1880 g/mol. The van der Waals surface area contributed by atoms with Gasteiger partial charge in [0.2, 0.25) is 22.9 Å². The summed E-state index contributed by atoms with van der Waals surface area (Å²) in [4.78, 5) is 19.0. The fourth-order valence-electron chi connectivity index (χ4n) is 22.0. The van der Waals surface area contributed by atoms with E-state index in [-0.39, 0.29) is 0 Å². The van der Waals surface area contributed by atoms with E-state index >= 15 is 0 Å². The second-order valence-corrected chi connectivity index (χ2v) is 41.2. The Bertz CT molecular complexity index is 9110. The molecule has 0 aliphatic carbocycles. The van der Waals surface area contributed by atoms with Crippen LogP contribution in [0.4, 0.5) is 0 Å². The van der Waals surface area contributed by atoms with Gasteiger partial charge < -0.3 is 17.7 Å². The molecule has 12 aromatic heterocycles. The normalized spacial score (nSPS) is 12.1. The number of furan rings is 4. The molecule has 0 spiro atoms. The van der Waals surface area contributed by atoms with Crippen molar-refractivity contribution in [1.82, 2.24) is 38.2 Å². The molecular weight excluding hydrogens is 1760 g/mol. The average Bonchev–Trinajstić information content (AvgIpc) is 1.57. The molecule has 0 unspecified atom stereocenters. The molecule has 0 amide bonds. The third-order valence-corrected chi connectivity index (χ3v) is 29.1. The summed E-state index contributed by atoms with van der Waals surface area (Å²) in [7, 11) is 8.63. The highest BCUT2D eigenvalue weighted by Crippen LogP contribution is 2.48. The van der Waals surface area contributed by atoms with Crippen molar-refractivity contribution in [2.24, 2.45) is 34.1 Å². The van der Waals surface area contributed by atoms with Crippen molar-refractivity contribution >= 4 is 132 Å². The maximum atomic E-state index is 6.62. The Kier molecular flexibility index (Phi) is 24.5. The van der Waals surface area contributed by atoms with Crippen LogP contribution in [0.3, 0.4) is 0 Å². The third kappa shape index (κ3) is 16.0. The molecule has 0 atom stereocenters. The van der Waals surface area contributed by atoms with Gasteiger partial charge in [-0.1, -0.05) is 267 Å². The first kappa shape index (κ1) is 93.6. The lowest BCUT2D eigenvalue weighted by atomic mass is 9.92. The molecule has 24 aromatic rings. The molecule has 0 bridgehead atoms. The van der Waals surface area contributed by atoms with Gasteiger partial charge in [-0.05, 0) is 220 Å². The van der Waals surface area contributed by atoms with Crippen LogP contribution in [-0.2, 0) is 34.6 Å². The number of fused-ring (bicyclic) bond motifs is 16. The highest BCUT2D eigenvalue weighted by molar-refractivity contribution is 6.13. The number of imidazole rings is 4. The smallest absolute Gasteiger partial charge is 0.299 e. The standard InChI is InChI=1S/C33H34N3O.2C32H32N3O.C30H28N3O/c1-20(2)19-23-16-18-26-25-17-15-22(5)30(31(25)37-32(26)34-23)33-35(6)28-13-9-10-14-29(28)36(33)27-12-8-7-11-24(27)21(3)4;1-19(2)22-11-9-12-23(20(3)4)29(22)35-27-15-8-7-14-26(27)34(6)32(35)28-21(5)16-17-24-25-13-10-18-33-31(25)36-30(24)28;1-19(2)22-11-7-8-12-26(22)35-28-14-10-9-13-27(28)34(6)32(35)29-21(5)15-16-23-24-17-18-25(20(3)4)33-31(24)36-30(23)29;1-18(2)21-10-6-7-11-24(21)33-26-13-9-8-12-25(26)32(5)30(33)27-19(3)14-16-22-23-17-15-20(4)31-29(23)34-28(22)27/h7-18,20-21H,19H2,1-6H3;2*7-20H,1-6H3;6-18H,1-5H3/q4*+1. The molecule has 714 valence electrons. The summed E-state index contributed by atoms with van der Waals surface area (Å²) in [6.45, 7) is 42.1. The maximum absolute atomic E-state index is 6.62. The summed E-state index contributed by atoms with van der Waals surface area (Å²) in [6, 6.07) is 102. The van der Waals surface area contributed by atoms with Crippen molar-refractivity contribution < 1.29 is 35.9 Å². The van der Waals surface area contributed by atoms with E-state index in [9.17, 15) is 0 Å². The van der Waals surface area contributed by atoms with Gasteiger partial charge in [0.25, 0.3) is 23.3 Å². The first-order chi connectivity index (χ1) is 69.0. The highest BCUT2D eigenvalue weighted by Gasteiger charge is 2.39. The zero-order valence-electron chi connectivity index (χ0n) is 86.5. The molecule has 0 saturated carbocycles. The van der Waals surface area contributed by atoms with Crippen molar-refractivity contribution in [2.45, 2.75) is 173 Å². The molecule has 0 aliphatic heterocycles. The largest absolute Gasteiger partial charge is 0.437 e.